The average molecular weight is 419 g/mol. The molecule has 0 bridgehead atoms. The molecule has 26 heavy (non-hydrogen) atoms. The van der Waals surface area contributed by atoms with Crippen LogP contribution in [0.15, 0.2) is 60.7 Å². The average Bonchev–Trinajstić information content (AvgIpc) is 3.02. The molecule has 0 aromatic heterocycles. The Morgan fingerprint density at radius 1 is 1.04 bits per heavy atom. The summed E-state index contributed by atoms with van der Waals surface area (Å²) in [5.41, 5.74) is -1.24. The molecule has 0 aliphatic heterocycles. The number of allylic oxidation sites excluding steroid dienone is 1. The molecule has 6 heteroatoms. The Morgan fingerprint density at radius 3 is 2.27 bits per heavy atom. The number of carbonyl (C=O) groups is 2. The zero-order valence-electron chi connectivity index (χ0n) is 13.8. The van der Waals surface area contributed by atoms with Crippen molar-refractivity contribution in [3.05, 3.63) is 72.1 Å². The van der Waals surface area contributed by atoms with Gasteiger partial charge in [0.05, 0.1) is 0 Å². The Balaban J connectivity index is 1.97. The maximum absolute atomic E-state index is 14.3. The van der Waals surface area contributed by atoms with Gasteiger partial charge in [0.25, 0.3) is 0 Å². The first-order valence-corrected chi connectivity index (χ1v) is 10.1. The minimum absolute atomic E-state index is 0.0311. The molecule has 2 aromatic carbocycles. The molecule has 0 saturated carbocycles. The zero-order chi connectivity index (χ0) is 18.7. The Kier molecular flexibility index (Phi) is 5.25. The summed E-state index contributed by atoms with van der Waals surface area (Å²) in [5.74, 6) is -3.61. The molecule has 1 aliphatic carbocycles. The van der Waals surface area contributed by atoms with Crippen LogP contribution in [0.2, 0.25) is 5.32 Å². The predicted molar refractivity (Wildman–Crippen MR) is 96.8 cm³/mol. The fraction of sp³-hybridized carbons (Fsp3) is 0.200. The van der Waals surface area contributed by atoms with Crippen molar-refractivity contribution in [1.82, 2.24) is 0 Å². The monoisotopic (exact) mass is 420 g/mol. The molecule has 4 nitrogen and oxygen atoms in total. The number of carboxylic acid groups (broad SMARTS) is 2. The maximum atomic E-state index is 14.3. The van der Waals surface area contributed by atoms with E-state index in [9.17, 15) is 24.2 Å². The van der Waals surface area contributed by atoms with Gasteiger partial charge < -0.3 is 0 Å². The first kappa shape index (κ1) is 18.4. The Bertz CT molecular complexity index is 849. The van der Waals surface area contributed by atoms with Crippen LogP contribution in [0.5, 0.6) is 0 Å². The molecule has 2 aromatic rings. The summed E-state index contributed by atoms with van der Waals surface area (Å²) in [6.45, 7) is 0. The SMILES string of the molecule is O=C(O)C1(C(=O)O)C=C(c2ccccc2F)C(C[Se]c2ccccc2)C1. The van der Waals surface area contributed by atoms with Gasteiger partial charge in [0, 0.05) is 0 Å². The van der Waals surface area contributed by atoms with E-state index in [1.165, 1.54) is 12.1 Å². The number of benzene rings is 2. The quantitative estimate of drug-likeness (QED) is 0.558. The molecule has 2 N–H and O–H groups in total. The predicted octanol–water partition coefficient (Wildman–Crippen LogP) is 2.83. The molecule has 134 valence electrons. The third kappa shape index (κ3) is 3.43. The van der Waals surface area contributed by atoms with E-state index in [0.717, 1.165) is 4.46 Å². The van der Waals surface area contributed by atoms with Crippen molar-refractivity contribution >= 4 is 36.9 Å². The molecule has 0 radical (unpaired) electrons. The molecule has 0 saturated heterocycles. The molecule has 1 aliphatic rings. The first-order valence-electron chi connectivity index (χ1n) is 8.06. The van der Waals surface area contributed by atoms with Gasteiger partial charge >= 0.3 is 156 Å². The van der Waals surface area contributed by atoms with Gasteiger partial charge in [-0.2, -0.15) is 0 Å². The van der Waals surface area contributed by atoms with Crippen molar-refractivity contribution in [2.45, 2.75) is 11.7 Å². The van der Waals surface area contributed by atoms with Crippen LogP contribution >= 0.6 is 0 Å². The van der Waals surface area contributed by atoms with Crippen molar-refractivity contribution in [3.8, 4) is 0 Å². The fourth-order valence-corrected chi connectivity index (χ4v) is 5.37. The van der Waals surface area contributed by atoms with Crippen LogP contribution in [0, 0.1) is 17.2 Å². The van der Waals surface area contributed by atoms with E-state index in [2.05, 4.69) is 0 Å². The first-order chi connectivity index (χ1) is 12.4. The van der Waals surface area contributed by atoms with E-state index in [1.807, 2.05) is 30.3 Å². The standard InChI is InChI=1S/C20H17FO4Se/c21-17-9-5-4-8-15(17)16-11-20(18(22)23,19(24)25)10-13(16)12-26-14-6-2-1-3-7-14/h1-9,11,13H,10,12H2,(H,22,23)(H,24,25). The number of halogens is 1. The fourth-order valence-electron chi connectivity index (χ4n) is 3.19. The molecule has 0 amide bonds. The van der Waals surface area contributed by atoms with Gasteiger partial charge in [-0.25, -0.2) is 0 Å². The van der Waals surface area contributed by atoms with Crippen LogP contribution in [0.1, 0.15) is 12.0 Å². The van der Waals surface area contributed by atoms with Crippen molar-refractivity contribution in [2.75, 3.05) is 0 Å². The second-order valence-electron chi connectivity index (χ2n) is 6.19. The molecule has 0 fully saturated rings. The van der Waals surface area contributed by atoms with Gasteiger partial charge in [0.1, 0.15) is 0 Å². The van der Waals surface area contributed by atoms with E-state index in [-0.39, 0.29) is 32.9 Å². The summed E-state index contributed by atoms with van der Waals surface area (Å²) in [6, 6.07) is 15.8. The third-order valence-corrected chi connectivity index (χ3v) is 7.02. The van der Waals surface area contributed by atoms with Gasteiger partial charge in [-0.05, 0) is 0 Å². The van der Waals surface area contributed by atoms with Crippen molar-refractivity contribution < 1.29 is 24.2 Å². The van der Waals surface area contributed by atoms with Crippen LogP contribution in [0.4, 0.5) is 4.39 Å². The summed E-state index contributed by atoms with van der Waals surface area (Å²) in [6.07, 6.45) is 1.18. The molecule has 0 spiro atoms. The third-order valence-electron chi connectivity index (χ3n) is 4.55. The van der Waals surface area contributed by atoms with Crippen LogP contribution in [0.25, 0.3) is 5.57 Å². The number of carboxylic acids is 2. The van der Waals surface area contributed by atoms with Crippen LogP contribution in [-0.2, 0) is 9.59 Å². The second-order valence-corrected chi connectivity index (χ2v) is 8.48. The molecule has 1 unspecified atom stereocenters. The molecular formula is C20H17FO4Se. The Hall–Kier alpha value is -2.43. The van der Waals surface area contributed by atoms with Crippen molar-refractivity contribution in [3.63, 3.8) is 0 Å². The summed E-state index contributed by atoms with van der Waals surface area (Å²) in [4.78, 5) is 23.5. The van der Waals surface area contributed by atoms with E-state index >= 15 is 0 Å². The summed E-state index contributed by atoms with van der Waals surface area (Å²) in [7, 11) is 0. The van der Waals surface area contributed by atoms with E-state index in [1.54, 1.807) is 18.2 Å². The van der Waals surface area contributed by atoms with Crippen LogP contribution < -0.4 is 4.46 Å². The normalized spacial score (nSPS) is 18.3. The Labute approximate surface area is 156 Å². The topological polar surface area (TPSA) is 74.6 Å². The molecule has 0 heterocycles. The molecule has 3 rings (SSSR count). The van der Waals surface area contributed by atoms with Gasteiger partial charge in [0.2, 0.25) is 0 Å². The summed E-state index contributed by atoms with van der Waals surface area (Å²) in [5, 5.41) is 19.7. The molecular weight excluding hydrogens is 402 g/mol. The van der Waals surface area contributed by atoms with E-state index < -0.39 is 23.2 Å². The number of hydrogen-bond donors (Lipinski definition) is 2. The second kappa shape index (κ2) is 7.44. The summed E-state index contributed by atoms with van der Waals surface area (Å²) >= 11 is 0.0311. The van der Waals surface area contributed by atoms with Crippen molar-refractivity contribution in [2.24, 2.45) is 11.3 Å². The number of hydrogen-bond acceptors (Lipinski definition) is 2. The number of aliphatic carboxylic acids is 2. The number of rotatable bonds is 6. The molecule has 1 atom stereocenters. The van der Waals surface area contributed by atoms with Gasteiger partial charge in [-0.3, -0.25) is 0 Å². The van der Waals surface area contributed by atoms with Gasteiger partial charge in [0.15, 0.2) is 0 Å². The van der Waals surface area contributed by atoms with Crippen molar-refractivity contribution in [1.29, 1.82) is 0 Å². The van der Waals surface area contributed by atoms with Gasteiger partial charge in [-0.15, -0.1) is 0 Å². The minimum atomic E-state index is -2.00. The van der Waals surface area contributed by atoms with Crippen LogP contribution in [-0.4, -0.2) is 37.1 Å². The zero-order valence-corrected chi connectivity index (χ0v) is 15.5. The van der Waals surface area contributed by atoms with E-state index in [4.69, 9.17) is 0 Å². The van der Waals surface area contributed by atoms with Gasteiger partial charge in [-0.1, -0.05) is 0 Å². The Morgan fingerprint density at radius 2 is 1.65 bits per heavy atom. The van der Waals surface area contributed by atoms with Crippen LogP contribution in [0.3, 0.4) is 0 Å². The van der Waals surface area contributed by atoms with E-state index in [0.29, 0.717) is 10.9 Å². The summed E-state index contributed by atoms with van der Waals surface area (Å²) < 4.78 is 15.4.